The number of ether oxygens (including phenoxy) is 2. The Balaban J connectivity index is 1.91. The van der Waals surface area contributed by atoms with Crippen LogP contribution in [0, 0.1) is 0 Å². The molecule has 0 unspecified atom stereocenters. The molecule has 0 aliphatic carbocycles. The smallest absolute Gasteiger partial charge is 0.262 e. The molecule has 2 aromatic carbocycles. The van der Waals surface area contributed by atoms with Crippen LogP contribution in [-0.2, 0) is 10.2 Å². The summed E-state index contributed by atoms with van der Waals surface area (Å²) in [7, 11) is 0. The third kappa shape index (κ3) is 5.78. The van der Waals surface area contributed by atoms with E-state index in [9.17, 15) is 4.79 Å². The van der Waals surface area contributed by atoms with Crippen LogP contribution in [0.2, 0.25) is 0 Å². The Morgan fingerprint density at radius 2 is 1.76 bits per heavy atom. The fraction of sp³-hybridized carbons (Fsp3) is 0.350. The van der Waals surface area contributed by atoms with Gasteiger partial charge in [0.05, 0.1) is 11.1 Å². The summed E-state index contributed by atoms with van der Waals surface area (Å²) in [5.74, 6) is 1.21. The normalized spacial score (nSPS) is 11.1. The van der Waals surface area contributed by atoms with Gasteiger partial charge in [0.1, 0.15) is 11.5 Å². The Hall–Kier alpha value is -2.01. The zero-order valence-corrected chi connectivity index (χ0v) is 16.6. The molecule has 0 aliphatic rings. The van der Waals surface area contributed by atoms with Crippen LogP contribution in [0.5, 0.6) is 11.5 Å². The summed E-state index contributed by atoms with van der Waals surface area (Å²) in [6.07, 6.45) is 0. The second-order valence-corrected chi connectivity index (χ2v) is 7.54. The van der Waals surface area contributed by atoms with E-state index in [0.29, 0.717) is 18.0 Å². The topological polar surface area (TPSA) is 47.6 Å². The number of anilines is 1. The SMILES string of the molecule is CCOc1ccc(NC(=O)COc2ccc(C(C)(C)C)cc2Br)cc1. The zero-order chi connectivity index (χ0) is 18.4. The van der Waals surface area contributed by atoms with E-state index in [0.717, 1.165) is 10.2 Å². The summed E-state index contributed by atoms with van der Waals surface area (Å²) in [6, 6.07) is 13.2. The quantitative estimate of drug-likeness (QED) is 0.721. The minimum Gasteiger partial charge on any atom is -0.494 e. The molecular formula is C20H24BrNO3. The monoisotopic (exact) mass is 405 g/mol. The molecule has 0 radical (unpaired) electrons. The summed E-state index contributed by atoms with van der Waals surface area (Å²) in [5, 5.41) is 2.80. The largest absolute Gasteiger partial charge is 0.494 e. The van der Waals surface area contributed by atoms with Gasteiger partial charge in [0, 0.05) is 5.69 Å². The van der Waals surface area contributed by atoms with Crippen LogP contribution < -0.4 is 14.8 Å². The highest BCUT2D eigenvalue weighted by atomic mass is 79.9. The average molecular weight is 406 g/mol. The van der Waals surface area contributed by atoms with Crippen molar-refractivity contribution in [1.29, 1.82) is 0 Å². The summed E-state index contributed by atoms with van der Waals surface area (Å²) in [6.45, 7) is 8.95. The molecule has 1 amide bonds. The Labute approximate surface area is 157 Å². The summed E-state index contributed by atoms with van der Waals surface area (Å²) < 4.78 is 11.8. The van der Waals surface area contributed by atoms with Crippen LogP contribution in [0.25, 0.3) is 0 Å². The van der Waals surface area contributed by atoms with Crippen molar-refractivity contribution in [3.63, 3.8) is 0 Å². The molecule has 0 aliphatic heterocycles. The minimum atomic E-state index is -0.212. The fourth-order valence-corrected chi connectivity index (χ4v) is 2.72. The van der Waals surface area contributed by atoms with E-state index >= 15 is 0 Å². The molecule has 134 valence electrons. The van der Waals surface area contributed by atoms with Crippen molar-refractivity contribution < 1.29 is 14.3 Å². The predicted octanol–water partition coefficient (Wildman–Crippen LogP) is 5.16. The van der Waals surface area contributed by atoms with Gasteiger partial charge < -0.3 is 14.8 Å². The molecule has 1 N–H and O–H groups in total. The van der Waals surface area contributed by atoms with Crippen LogP contribution in [0.15, 0.2) is 46.9 Å². The van der Waals surface area contributed by atoms with E-state index < -0.39 is 0 Å². The molecule has 0 atom stereocenters. The maximum atomic E-state index is 12.1. The number of carbonyl (C=O) groups excluding carboxylic acids is 1. The maximum absolute atomic E-state index is 12.1. The molecule has 0 spiro atoms. The molecule has 5 heteroatoms. The Kier molecular flexibility index (Phi) is 6.48. The number of halogens is 1. The second kappa shape index (κ2) is 8.39. The number of rotatable bonds is 6. The van der Waals surface area contributed by atoms with Gasteiger partial charge >= 0.3 is 0 Å². The second-order valence-electron chi connectivity index (χ2n) is 6.69. The molecule has 4 nitrogen and oxygen atoms in total. The third-order valence-electron chi connectivity index (χ3n) is 3.61. The predicted molar refractivity (Wildman–Crippen MR) is 105 cm³/mol. The first kappa shape index (κ1) is 19.3. The van der Waals surface area contributed by atoms with Gasteiger partial charge in [0.15, 0.2) is 6.61 Å². The van der Waals surface area contributed by atoms with Crippen molar-refractivity contribution >= 4 is 27.5 Å². The van der Waals surface area contributed by atoms with Gasteiger partial charge in [-0.1, -0.05) is 26.8 Å². The lowest BCUT2D eigenvalue weighted by atomic mass is 9.87. The van der Waals surface area contributed by atoms with E-state index in [2.05, 4.69) is 42.0 Å². The Bertz CT molecular complexity index is 721. The number of hydrogen-bond donors (Lipinski definition) is 1. The summed E-state index contributed by atoms with van der Waals surface area (Å²) in [5.41, 5.74) is 1.97. The molecule has 25 heavy (non-hydrogen) atoms. The molecule has 0 saturated carbocycles. The van der Waals surface area contributed by atoms with Gasteiger partial charge in [-0.05, 0) is 70.2 Å². The first-order chi connectivity index (χ1) is 11.8. The van der Waals surface area contributed by atoms with Crippen molar-refractivity contribution in [3.8, 4) is 11.5 Å². The highest BCUT2D eigenvalue weighted by Crippen LogP contribution is 2.31. The summed E-state index contributed by atoms with van der Waals surface area (Å²) in [4.78, 5) is 12.1. The van der Waals surface area contributed by atoms with Crippen molar-refractivity contribution in [3.05, 3.63) is 52.5 Å². The molecule has 0 saturated heterocycles. The van der Waals surface area contributed by atoms with Crippen LogP contribution in [0.4, 0.5) is 5.69 Å². The third-order valence-corrected chi connectivity index (χ3v) is 4.23. The van der Waals surface area contributed by atoms with Gasteiger partial charge in [0.2, 0.25) is 0 Å². The number of nitrogens with one attached hydrogen (secondary N) is 1. The standard InChI is InChI=1S/C20H24BrNO3/c1-5-24-16-9-7-15(8-10-16)22-19(23)13-25-18-11-6-14(12-17(18)21)20(2,3)4/h6-12H,5,13H2,1-4H3,(H,22,23). The van der Waals surface area contributed by atoms with E-state index in [1.165, 1.54) is 5.56 Å². The van der Waals surface area contributed by atoms with Crippen LogP contribution >= 0.6 is 15.9 Å². The number of hydrogen-bond acceptors (Lipinski definition) is 3. The van der Waals surface area contributed by atoms with Gasteiger partial charge in [0.25, 0.3) is 5.91 Å². The Morgan fingerprint density at radius 1 is 1.08 bits per heavy atom. The molecule has 0 aromatic heterocycles. The highest BCUT2D eigenvalue weighted by molar-refractivity contribution is 9.10. The summed E-state index contributed by atoms with van der Waals surface area (Å²) >= 11 is 3.51. The highest BCUT2D eigenvalue weighted by Gasteiger charge is 2.15. The minimum absolute atomic E-state index is 0.0549. The molecule has 0 fully saturated rings. The molecular weight excluding hydrogens is 382 g/mol. The van der Waals surface area contributed by atoms with Crippen molar-refractivity contribution in [1.82, 2.24) is 0 Å². The van der Waals surface area contributed by atoms with Crippen molar-refractivity contribution in [2.75, 3.05) is 18.5 Å². The van der Waals surface area contributed by atoms with Crippen LogP contribution in [-0.4, -0.2) is 19.1 Å². The number of carbonyl (C=O) groups is 1. The maximum Gasteiger partial charge on any atom is 0.262 e. The van der Waals surface area contributed by atoms with Gasteiger partial charge in [-0.15, -0.1) is 0 Å². The molecule has 0 heterocycles. The molecule has 2 aromatic rings. The molecule has 2 rings (SSSR count). The van der Waals surface area contributed by atoms with E-state index in [4.69, 9.17) is 9.47 Å². The Morgan fingerprint density at radius 3 is 2.32 bits per heavy atom. The first-order valence-electron chi connectivity index (χ1n) is 8.25. The van der Waals surface area contributed by atoms with Gasteiger partial charge in [-0.3, -0.25) is 4.79 Å². The van der Waals surface area contributed by atoms with Gasteiger partial charge in [-0.2, -0.15) is 0 Å². The van der Waals surface area contributed by atoms with E-state index in [1.54, 1.807) is 12.1 Å². The van der Waals surface area contributed by atoms with Gasteiger partial charge in [-0.25, -0.2) is 0 Å². The first-order valence-corrected chi connectivity index (χ1v) is 9.04. The lowest BCUT2D eigenvalue weighted by Gasteiger charge is -2.20. The molecule has 0 bridgehead atoms. The van der Waals surface area contributed by atoms with Crippen molar-refractivity contribution in [2.24, 2.45) is 0 Å². The van der Waals surface area contributed by atoms with E-state index in [1.807, 2.05) is 37.3 Å². The van der Waals surface area contributed by atoms with Crippen LogP contribution in [0.1, 0.15) is 33.3 Å². The number of benzene rings is 2. The number of amides is 1. The zero-order valence-electron chi connectivity index (χ0n) is 15.1. The average Bonchev–Trinajstić information content (AvgIpc) is 2.55. The lowest BCUT2D eigenvalue weighted by molar-refractivity contribution is -0.118. The van der Waals surface area contributed by atoms with E-state index in [-0.39, 0.29) is 17.9 Å². The van der Waals surface area contributed by atoms with Crippen LogP contribution in [0.3, 0.4) is 0 Å². The fourth-order valence-electron chi connectivity index (χ4n) is 2.23. The lowest BCUT2D eigenvalue weighted by Crippen LogP contribution is -2.20. The van der Waals surface area contributed by atoms with Crippen molar-refractivity contribution in [2.45, 2.75) is 33.1 Å².